The fourth-order valence-electron chi connectivity index (χ4n) is 2.07. The highest BCUT2D eigenvalue weighted by molar-refractivity contribution is 6.32. The number of benzene rings is 2. The standard InChI is InChI=1S/C19H18ClFO4/c1-3-24-18(22)9-6-14-10-16(20)19(17(11-14)23-2)25-12-13-4-7-15(21)8-5-13/h4-11H,3,12H2,1-2H3/b9-6+. The molecule has 25 heavy (non-hydrogen) atoms. The van der Waals surface area contributed by atoms with Gasteiger partial charge in [0.05, 0.1) is 18.7 Å². The minimum absolute atomic E-state index is 0.217. The third-order valence-electron chi connectivity index (χ3n) is 3.25. The largest absolute Gasteiger partial charge is 0.493 e. The van der Waals surface area contributed by atoms with Crippen LogP contribution in [-0.2, 0) is 16.1 Å². The van der Waals surface area contributed by atoms with Crippen LogP contribution in [0.4, 0.5) is 4.39 Å². The Hall–Kier alpha value is -2.53. The maximum absolute atomic E-state index is 12.9. The van der Waals surface area contributed by atoms with E-state index in [-0.39, 0.29) is 12.4 Å². The summed E-state index contributed by atoms with van der Waals surface area (Å²) in [5, 5.41) is 0.338. The molecule has 0 amide bonds. The highest BCUT2D eigenvalue weighted by Crippen LogP contribution is 2.37. The van der Waals surface area contributed by atoms with Crippen molar-refractivity contribution in [1.82, 2.24) is 0 Å². The second-order valence-electron chi connectivity index (χ2n) is 5.03. The van der Waals surface area contributed by atoms with Crippen molar-refractivity contribution in [3.63, 3.8) is 0 Å². The maximum Gasteiger partial charge on any atom is 0.330 e. The van der Waals surface area contributed by atoms with Gasteiger partial charge in [0.2, 0.25) is 0 Å². The third kappa shape index (κ3) is 5.50. The Balaban J connectivity index is 2.15. The van der Waals surface area contributed by atoms with Gasteiger partial charge in [0.15, 0.2) is 11.5 Å². The van der Waals surface area contributed by atoms with E-state index in [1.807, 2.05) is 0 Å². The first kappa shape index (κ1) is 18.8. The molecule has 0 saturated heterocycles. The first-order chi connectivity index (χ1) is 12.0. The highest BCUT2D eigenvalue weighted by Gasteiger charge is 2.12. The van der Waals surface area contributed by atoms with Crippen molar-refractivity contribution in [3.05, 3.63) is 64.4 Å². The quantitative estimate of drug-likeness (QED) is 0.530. The van der Waals surface area contributed by atoms with Crippen molar-refractivity contribution in [1.29, 1.82) is 0 Å². The first-order valence-corrected chi connectivity index (χ1v) is 8.01. The van der Waals surface area contributed by atoms with E-state index in [2.05, 4.69) is 0 Å². The van der Waals surface area contributed by atoms with E-state index in [1.54, 1.807) is 37.3 Å². The summed E-state index contributed by atoms with van der Waals surface area (Å²) in [6, 6.07) is 9.33. The molecule has 132 valence electrons. The van der Waals surface area contributed by atoms with E-state index >= 15 is 0 Å². The molecule has 2 aromatic rings. The summed E-state index contributed by atoms with van der Waals surface area (Å²) in [4.78, 5) is 11.4. The van der Waals surface area contributed by atoms with Gasteiger partial charge in [-0.1, -0.05) is 23.7 Å². The zero-order chi connectivity index (χ0) is 18.2. The smallest absolute Gasteiger partial charge is 0.330 e. The van der Waals surface area contributed by atoms with Crippen LogP contribution in [0.15, 0.2) is 42.5 Å². The van der Waals surface area contributed by atoms with Crippen molar-refractivity contribution < 1.29 is 23.4 Å². The van der Waals surface area contributed by atoms with Crippen LogP contribution in [0.25, 0.3) is 6.08 Å². The number of hydrogen-bond donors (Lipinski definition) is 0. The fraction of sp³-hybridized carbons (Fsp3) is 0.211. The number of carbonyl (C=O) groups excluding carboxylic acids is 1. The number of rotatable bonds is 7. The summed E-state index contributed by atoms with van der Waals surface area (Å²) < 4.78 is 28.8. The molecule has 0 spiro atoms. The number of carbonyl (C=O) groups is 1. The van der Waals surface area contributed by atoms with Gasteiger partial charge in [0.25, 0.3) is 0 Å². The molecule has 4 nitrogen and oxygen atoms in total. The van der Waals surface area contributed by atoms with Gasteiger partial charge in [0, 0.05) is 6.08 Å². The Labute approximate surface area is 150 Å². The number of esters is 1. The molecule has 0 atom stereocenters. The van der Waals surface area contributed by atoms with Gasteiger partial charge in [-0.3, -0.25) is 0 Å². The van der Waals surface area contributed by atoms with Gasteiger partial charge in [-0.15, -0.1) is 0 Å². The Morgan fingerprint density at radius 1 is 1.24 bits per heavy atom. The summed E-state index contributed by atoms with van der Waals surface area (Å²) in [5.74, 6) is 0.0613. The molecule has 0 saturated carbocycles. The van der Waals surface area contributed by atoms with Crippen molar-refractivity contribution in [2.45, 2.75) is 13.5 Å². The van der Waals surface area contributed by atoms with E-state index in [1.165, 1.54) is 25.3 Å². The lowest BCUT2D eigenvalue weighted by molar-refractivity contribution is -0.137. The number of halogens is 2. The predicted octanol–water partition coefficient (Wildman–Crippen LogP) is 4.64. The number of ether oxygens (including phenoxy) is 3. The molecular formula is C19H18ClFO4. The molecule has 0 aromatic heterocycles. The molecule has 2 aromatic carbocycles. The molecule has 0 fully saturated rings. The molecule has 0 aliphatic heterocycles. The average molecular weight is 365 g/mol. The molecule has 6 heteroatoms. The van der Waals surface area contributed by atoms with Crippen LogP contribution in [0, 0.1) is 5.82 Å². The molecular weight excluding hydrogens is 347 g/mol. The van der Waals surface area contributed by atoms with Crippen LogP contribution in [-0.4, -0.2) is 19.7 Å². The lowest BCUT2D eigenvalue weighted by Gasteiger charge is -2.13. The summed E-state index contributed by atoms with van der Waals surface area (Å²) in [7, 11) is 1.50. The van der Waals surface area contributed by atoms with Crippen LogP contribution in [0.5, 0.6) is 11.5 Å². The zero-order valence-corrected chi connectivity index (χ0v) is 14.7. The van der Waals surface area contributed by atoms with Gasteiger partial charge in [0.1, 0.15) is 12.4 Å². The van der Waals surface area contributed by atoms with Gasteiger partial charge in [-0.05, 0) is 48.4 Å². The first-order valence-electron chi connectivity index (χ1n) is 7.63. The molecule has 0 unspecified atom stereocenters. The van der Waals surface area contributed by atoms with Crippen molar-refractivity contribution >= 4 is 23.6 Å². The second-order valence-corrected chi connectivity index (χ2v) is 5.44. The molecule has 0 radical (unpaired) electrons. The van der Waals surface area contributed by atoms with Gasteiger partial charge in [-0.2, -0.15) is 0 Å². The van der Waals surface area contributed by atoms with Crippen molar-refractivity contribution in [2.24, 2.45) is 0 Å². The minimum atomic E-state index is -0.436. The Morgan fingerprint density at radius 3 is 2.60 bits per heavy atom. The topological polar surface area (TPSA) is 44.8 Å². The minimum Gasteiger partial charge on any atom is -0.493 e. The summed E-state index contributed by atoms with van der Waals surface area (Å²) >= 11 is 6.27. The summed E-state index contributed by atoms with van der Waals surface area (Å²) in [6.45, 7) is 2.26. The molecule has 0 aliphatic rings. The van der Waals surface area contributed by atoms with E-state index in [4.69, 9.17) is 25.8 Å². The number of hydrogen-bond acceptors (Lipinski definition) is 4. The van der Waals surface area contributed by atoms with E-state index in [0.29, 0.717) is 28.7 Å². The van der Waals surface area contributed by atoms with Gasteiger partial charge >= 0.3 is 5.97 Å². The van der Waals surface area contributed by atoms with Crippen molar-refractivity contribution in [3.8, 4) is 11.5 Å². The average Bonchev–Trinajstić information content (AvgIpc) is 2.60. The fourth-order valence-corrected chi connectivity index (χ4v) is 2.34. The molecule has 0 N–H and O–H groups in total. The Bertz CT molecular complexity index is 757. The van der Waals surface area contributed by atoms with Crippen LogP contribution in [0.2, 0.25) is 5.02 Å². The summed E-state index contributed by atoms with van der Waals surface area (Å²) in [5.41, 5.74) is 1.47. The zero-order valence-electron chi connectivity index (χ0n) is 13.9. The van der Waals surface area contributed by atoms with Crippen LogP contribution in [0.1, 0.15) is 18.1 Å². The predicted molar refractivity (Wildman–Crippen MR) is 94.4 cm³/mol. The van der Waals surface area contributed by atoms with E-state index in [0.717, 1.165) is 5.56 Å². The lowest BCUT2D eigenvalue weighted by atomic mass is 10.2. The molecule has 2 rings (SSSR count). The molecule has 0 aliphatic carbocycles. The van der Waals surface area contributed by atoms with Crippen LogP contribution < -0.4 is 9.47 Å². The Kier molecular flexibility index (Phi) is 6.83. The molecule has 0 bridgehead atoms. The second kappa shape index (κ2) is 9.08. The highest BCUT2D eigenvalue weighted by atomic mass is 35.5. The normalized spacial score (nSPS) is 10.7. The monoisotopic (exact) mass is 364 g/mol. The van der Waals surface area contributed by atoms with Crippen LogP contribution in [0.3, 0.4) is 0 Å². The lowest BCUT2D eigenvalue weighted by Crippen LogP contribution is -2.00. The van der Waals surface area contributed by atoms with Gasteiger partial charge in [-0.25, -0.2) is 9.18 Å². The third-order valence-corrected chi connectivity index (χ3v) is 3.53. The Morgan fingerprint density at radius 2 is 1.96 bits per heavy atom. The van der Waals surface area contributed by atoms with Crippen LogP contribution >= 0.6 is 11.6 Å². The van der Waals surface area contributed by atoms with Crippen molar-refractivity contribution in [2.75, 3.05) is 13.7 Å². The molecule has 0 heterocycles. The number of methoxy groups -OCH3 is 1. The maximum atomic E-state index is 12.9. The summed E-state index contributed by atoms with van der Waals surface area (Å²) in [6.07, 6.45) is 2.89. The van der Waals surface area contributed by atoms with E-state index < -0.39 is 5.97 Å². The SMILES string of the molecule is CCOC(=O)/C=C/c1cc(Cl)c(OCc2ccc(F)cc2)c(OC)c1. The van der Waals surface area contributed by atoms with E-state index in [9.17, 15) is 9.18 Å². The van der Waals surface area contributed by atoms with Gasteiger partial charge < -0.3 is 14.2 Å².